The van der Waals surface area contributed by atoms with E-state index in [9.17, 15) is 4.79 Å². The molecule has 0 radical (unpaired) electrons. The predicted molar refractivity (Wildman–Crippen MR) is 135 cm³/mol. The summed E-state index contributed by atoms with van der Waals surface area (Å²) in [6, 6.07) is 10.8. The molecule has 2 aromatic carbocycles. The number of fused-ring (bicyclic) bond motifs is 3. The number of amides is 1. The molecule has 180 valence electrons. The number of aromatic nitrogens is 2. The van der Waals surface area contributed by atoms with Gasteiger partial charge in [-0.1, -0.05) is 36.0 Å². The highest BCUT2D eigenvalue weighted by atomic mass is 35.5. The zero-order valence-electron chi connectivity index (χ0n) is 18.6. The Morgan fingerprint density at radius 1 is 1.12 bits per heavy atom. The van der Waals surface area contributed by atoms with E-state index in [0.29, 0.717) is 32.9 Å². The van der Waals surface area contributed by atoms with Crippen molar-refractivity contribution in [1.29, 1.82) is 0 Å². The Hall–Kier alpha value is -2.45. The number of benzene rings is 2. The lowest BCUT2D eigenvalue weighted by molar-refractivity contribution is 0.0888. The lowest BCUT2D eigenvalue weighted by atomic mass is 10.0. The maximum atomic E-state index is 14.0. The van der Waals surface area contributed by atoms with Gasteiger partial charge in [0.2, 0.25) is 0 Å². The molecule has 1 saturated heterocycles. The third kappa shape index (κ3) is 4.58. The van der Waals surface area contributed by atoms with E-state index in [2.05, 4.69) is 15.2 Å². The molecule has 1 N–H and O–H groups in total. The van der Waals surface area contributed by atoms with Gasteiger partial charge in [0, 0.05) is 35.3 Å². The van der Waals surface area contributed by atoms with Crippen LogP contribution in [0.25, 0.3) is 11.3 Å². The van der Waals surface area contributed by atoms with Gasteiger partial charge in [0.1, 0.15) is 18.1 Å². The van der Waals surface area contributed by atoms with Gasteiger partial charge < -0.3 is 9.47 Å². The molecule has 0 saturated carbocycles. The first-order valence-electron chi connectivity index (χ1n) is 11.0. The van der Waals surface area contributed by atoms with Gasteiger partial charge in [-0.3, -0.25) is 9.89 Å². The van der Waals surface area contributed by atoms with Crippen LogP contribution in [0, 0.1) is 0 Å². The first-order chi connectivity index (χ1) is 16.1. The number of carbonyl (C=O) groups is 1. The van der Waals surface area contributed by atoms with Gasteiger partial charge in [-0.15, -0.1) is 12.4 Å². The molecule has 1 amide bonds. The largest absolute Gasteiger partial charge is 0.497 e. The number of H-pyrrole nitrogens is 1. The summed E-state index contributed by atoms with van der Waals surface area (Å²) in [7, 11) is 1.61. The molecule has 0 bridgehead atoms. The van der Waals surface area contributed by atoms with E-state index in [1.165, 1.54) is 0 Å². The molecule has 10 heteroatoms. The zero-order valence-corrected chi connectivity index (χ0v) is 21.0. The summed E-state index contributed by atoms with van der Waals surface area (Å²) in [5.41, 5.74) is 3.26. The second kappa shape index (κ2) is 10.4. The van der Waals surface area contributed by atoms with Gasteiger partial charge in [0.25, 0.3) is 5.91 Å². The Bertz CT molecular complexity index is 1190. The topological polar surface area (TPSA) is 70.7 Å². The third-order valence-corrected chi connectivity index (χ3v) is 6.63. The van der Waals surface area contributed by atoms with E-state index >= 15 is 0 Å². The highest BCUT2D eigenvalue weighted by Crippen LogP contribution is 2.40. The fourth-order valence-electron chi connectivity index (χ4n) is 4.41. The van der Waals surface area contributed by atoms with Crippen molar-refractivity contribution in [3.05, 3.63) is 57.7 Å². The number of hydrogen-bond donors (Lipinski definition) is 1. The van der Waals surface area contributed by atoms with Crippen molar-refractivity contribution in [3.63, 3.8) is 0 Å². The summed E-state index contributed by atoms with van der Waals surface area (Å²) in [6.45, 7) is 1.75. The first-order valence-corrected chi connectivity index (χ1v) is 11.7. The van der Waals surface area contributed by atoms with E-state index < -0.39 is 0 Å². The molecule has 3 aromatic rings. The number of rotatable bonds is 4. The molecule has 1 fully saturated rings. The summed E-state index contributed by atoms with van der Waals surface area (Å²) in [4.78, 5) is 14.0. The highest BCUT2D eigenvalue weighted by Gasteiger charge is 2.33. The fourth-order valence-corrected chi connectivity index (χ4v) is 4.90. The van der Waals surface area contributed by atoms with Gasteiger partial charge in [0.15, 0.2) is 5.69 Å². The summed E-state index contributed by atoms with van der Waals surface area (Å²) >= 11 is 12.7. The molecular weight excluding hydrogens is 499 g/mol. The van der Waals surface area contributed by atoms with Gasteiger partial charge in [-0.05, 0) is 43.2 Å². The van der Waals surface area contributed by atoms with Gasteiger partial charge in [-0.25, -0.2) is 10.0 Å². The van der Waals surface area contributed by atoms with Crippen LogP contribution in [0.5, 0.6) is 11.5 Å². The molecule has 34 heavy (non-hydrogen) atoms. The quantitative estimate of drug-likeness (QED) is 0.444. The van der Waals surface area contributed by atoms with Crippen LogP contribution in [-0.4, -0.2) is 41.3 Å². The van der Waals surface area contributed by atoms with Crippen LogP contribution in [0.2, 0.25) is 10.0 Å². The number of halogens is 3. The van der Waals surface area contributed by atoms with Crippen LogP contribution in [-0.2, 0) is 6.61 Å². The van der Waals surface area contributed by atoms with E-state index in [1.54, 1.807) is 30.3 Å². The number of nitrogens with one attached hydrogen (secondary N) is 1. The number of anilines is 1. The number of nitrogens with zero attached hydrogens (tertiary/aromatic N) is 3. The van der Waals surface area contributed by atoms with Crippen LogP contribution in [0.1, 0.15) is 41.7 Å². The van der Waals surface area contributed by atoms with Gasteiger partial charge in [-0.2, -0.15) is 5.10 Å². The predicted octanol–water partition coefficient (Wildman–Crippen LogP) is 6.14. The second-order valence-corrected chi connectivity index (χ2v) is 9.00. The van der Waals surface area contributed by atoms with Crippen molar-refractivity contribution in [3.8, 4) is 22.8 Å². The maximum Gasteiger partial charge on any atom is 0.293 e. The number of methoxy groups -OCH3 is 1. The van der Waals surface area contributed by atoms with Crippen molar-refractivity contribution < 1.29 is 14.3 Å². The molecule has 0 unspecified atom stereocenters. The molecule has 0 atom stereocenters. The minimum Gasteiger partial charge on any atom is -0.497 e. The lowest BCUT2D eigenvalue weighted by Crippen LogP contribution is -2.48. The van der Waals surface area contributed by atoms with E-state index in [1.807, 2.05) is 18.2 Å². The molecule has 5 rings (SSSR count). The smallest absolute Gasteiger partial charge is 0.293 e. The van der Waals surface area contributed by atoms with E-state index in [-0.39, 0.29) is 24.9 Å². The van der Waals surface area contributed by atoms with E-state index in [4.69, 9.17) is 32.7 Å². The molecule has 0 spiro atoms. The number of aromatic amines is 1. The SMILES string of the molecule is COc1ccc2c(c1)OCc1c(C(=O)N(c3ccc(Cl)cc3Cl)N3CCCCCC3)n[nH]c1-2.Cl. The molecule has 3 heterocycles. The lowest BCUT2D eigenvalue weighted by Gasteiger charge is -2.34. The molecular formula is C24H25Cl3N4O3. The van der Waals surface area contributed by atoms with Gasteiger partial charge in [0.05, 0.1) is 23.5 Å². The van der Waals surface area contributed by atoms with Crippen LogP contribution in [0.4, 0.5) is 5.69 Å². The summed E-state index contributed by atoms with van der Waals surface area (Å²) in [6.07, 6.45) is 4.29. The summed E-state index contributed by atoms with van der Waals surface area (Å²) in [5.74, 6) is 1.14. The fraction of sp³-hybridized carbons (Fsp3) is 0.333. The van der Waals surface area contributed by atoms with E-state index in [0.717, 1.165) is 55.6 Å². The Morgan fingerprint density at radius 2 is 1.88 bits per heavy atom. The monoisotopic (exact) mass is 522 g/mol. The van der Waals surface area contributed by atoms with Crippen molar-refractivity contribution in [1.82, 2.24) is 15.2 Å². The van der Waals surface area contributed by atoms with Gasteiger partial charge >= 0.3 is 0 Å². The maximum absolute atomic E-state index is 14.0. The van der Waals surface area contributed by atoms with Crippen LogP contribution < -0.4 is 14.5 Å². The molecule has 0 aliphatic carbocycles. The number of carbonyl (C=O) groups excluding carboxylic acids is 1. The van der Waals surface area contributed by atoms with Crippen molar-refractivity contribution in [2.75, 3.05) is 25.2 Å². The van der Waals surface area contributed by atoms with Crippen LogP contribution in [0.15, 0.2) is 36.4 Å². The standard InChI is InChI=1S/C24H24Cl2N4O3.ClH/c1-32-16-7-8-17-21(13-16)33-14-18-22(17)27-28-23(18)24(31)30(29-10-4-2-3-5-11-29)20-9-6-15(25)12-19(20)26;/h6-9,12-13H,2-5,10-11,14H2,1H3,(H,27,28);1H. The summed E-state index contributed by atoms with van der Waals surface area (Å²) in [5, 5.41) is 12.1. The van der Waals surface area contributed by atoms with Crippen molar-refractivity contribution >= 4 is 47.2 Å². The molecule has 2 aliphatic heterocycles. The third-order valence-electron chi connectivity index (χ3n) is 6.10. The normalized spacial score (nSPS) is 15.3. The van der Waals surface area contributed by atoms with Crippen LogP contribution >= 0.6 is 35.6 Å². The Balaban J connectivity index is 0.00000274. The number of ether oxygens (including phenoxy) is 2. The number of hydrogen-bond acceptors (Lipinski definition) is 5. The number of hydrazine groups is 1. The van der Waals surface area contributed by atoms with Crippen molar-refractivity contribution in [2.24, 2.45) is 0 Å². The minimum atomic E-state index is -0.251. The molecule has 7 nitrogen and oxygen atoms in total. The molecule has 2 aliphatic rings. The Labute approximate surface area is 214 Å². The highest BCUT2D eigenvalue weighted by molar-refractivity contribution is 6.37. The van der Waals surface area contributed by atoms with Crippen LogP contribution in [0.3, 0.4) is 0 Å². The second-order valence-electron chi connectivity index (χ2n) is 8.16. The first kappa shape index (κ1) is 24.7. The Morgan fingerprint density at radius 3 is 2.59 bits per heavy atom. The molecule has 1 aromatic heterocycles. The minimum absolute atomic E-state index is 0. The summed E-state index contributed by atoms with van der Waals surface area (Å²) < 4.78 is 11.3. The zero-order chi connectivity index (χ0) is 22.9. The average Bonchev–Trinajstić information content (AvgIpc) is 3.08. The Kier molecular flexibility index (Phi) is 7.57. The average molecular weight is 524 g/mol. The van der Waals surface area contributed by atoms with Crippen molar-refractivity contribution in [2.45, 2.75) is 32.3 Å².